The minimum absolute atomic E-state index is 0.310. The molecule has 0 heterocycles. The molecule has 30 heavy (non-hydrogen) atoms. The molecule has 0 aliphatic heterocycles. The second kappa shape index (κ2) is 8.88. The third kappa shape index (κ3) is 5.00. The highest BCUT2D eigenvalue weighted by Gasteiger charge is 2.31. The molecular weight excluding hydrogens is 396 g/mol. The highest BCUT2D eigenvalue weighted by atomic mass is 32.2. The summed E-state index contributed by atoms with van der Waals surface area (Å²) in [4.78, 5) is 13.0. The summed E-state index contributed by atoms with van der Waals surface area (Å²) in [5.74, 6) is -0.310. The summed E-state index contributed by atoms with van der Waals surface area (Å²) in [7, 11) is -3.65. The first-order valence-corrected chi connectivity index (χ1v) is 11.9. The normalized spacial score (nSPS) is 12.5. The number of sulfonamides is 1. The molecule has 1 amide bonds. The highest BCUT2D eigenvalue weighted by Crippen LogP contribution is 2.25. The van der Waals surface area contributed by atoms with Crippen molar-refractivity contribution in [1.29, 1.82) is 0 Å². The third-order valence-corrected chi connectivity index (χ3v) is 6.25. The molecule has 6 heteroatoms. The van der Waals surface area contributed by atoms with Crippen LogP contribution in [0.1, 0.15) is 30.0 Å². The first-order chi connectivity index (χ1) is 14.2. The number of nitrogens with zero attached hydrogens (tertiary/aromatic N) is 1. The van der Waals surface area contributed by atoms with E-state index in [9.17, 15) is 13.2 Å². The molecule has 0 spiro atoms. The Balaban J connectivity index is 1.84. The zero-order valence-corrected chi connectivity index (χ0v) is 18.7. The van der Waals surface area contributed by atoms with Gasteiger partial charge in [-0.2, -0.15) is 0 Å². The summed E-state index contributed by atoms with van der Waals surface area (Å²) in [6.45, 7) is 5.99. The summed E-state index contributed by atoms with van der Waals surface area (Å²) in [5, 5.41) is 5.16. The number of carbonyl (C=O) groups excluding carboxylic acids is 1. The molecule has 1 atom stereocenters. The highest BCUT2D eigenvalue weighted by molar-refractivity contribution is 7.92. The molecule has 3 rings (SSSR count). The van der Waals surface area contributed by atoms with Crippen LogP contribution in [0.2, 0.25) is 0 Å². The minimum atomic E-state index is -3.65. The molecule has 158 valence electrons. The van der Waals surface area contributed by atoms with Gasteiger partial charge in [-0.1, -0.05) is 49.4 Å². The van der Waals surface area contributed by atoms with Crippen LogP contribution in [0.4, 0.5) is 5.69 Å². The molecule has 3 aromatic rings. The van der Waals surface area contributed by atoms with E-state index in [1.54, 1.807) is 12.1 Å². The van der Waals surface area contributed by atoms with Gasteiger partial charge in [0.1, 0.15) is 6.04 Å². The van der Waals surface area contributed by atoms with Gasteiger partial charge in [-0.05, 0) is 65.9 Å². The lowest BCUT2D eigenvalue weighted by molar-refractivity contribution is -0.122. The number of anilines is 1. The second-order valence-electron chi connectivity index (χ2n) is 7.73. The summed E-state index contributed by atoms with van der Waals surface area (Å²) >= 11 is 0. The number of carbonyl (C=O) groups is 1. The maximum atomic E-state index is 13.0. The first kappa shape index (κ1) is 21.8. The molecule has 0 radical (unpaired) electrons. The van der Waals surface area contributed by atoms with Crippen molar-refractivity contribution in [2.24, 2.45) is 0 Å². The van der Waals surface area contributed by atoms with Crippen molar-refractivity contribution in [3.05, 3.63) is 77.4 Å². The molecular formula is C24H28N2O3S. The van der Waals surface area contributed by atoms with Gasteiger partial charge in [-0.25, -0.2) is 8.42 Å². The van der Waals surface area contributed by atoms with Gasteiger partial charge < -0.3 is 5.32 Å². The maximum Gasteiger partial charge on any atom is 0.244 e. The number of rotatable bonds is 7. The number of benzene rings is 3. The van der Waals surface area contributed by atoms with Crippen LogP contribution < -0.4 is 9.62 Å². The van der Waals surface area contributed by atoms with Crippen LogP contribution in [-0.4, -0.2) is 26.6 Å². The lowest BCUT2D eigenvalue weighted by atomic mass is 10.1. The number of fused-ring (bicyclic) bond motifs is 1. The van der Waals surface area contributed by atoms with Crippen molar-refractivity contribution in [3.8, 4) is 0 Å². The number of nitrogens with one attached hydrogen (secondary N) is 1. The number of aryl methyl sites for hydroxylation is 2. The summed E-state index contributed by atoms with van der Waals surface area (Å²) in [6.07, 6.45) is 1.51. The second-order valence-corrected chi connectivity index (χ2v) is 9.59. The molecule has 0 fully saturated rings. The Kier molecular flexibility index (Phi) is 6.46. The Morgan fingerprint density at radius 1 is 0.967 bits per heavy atom. The quantitative estimate of drug-likeness (QED) is 0.614. The molecule has 1 N–H and O–H groups in total. The van der Waals surface area contributed by atoms with Crippen LogP contribution in [0.5, 0.6) is 0 Å². The lowest BCUT2D eigenvalue weighted by Crippen LogP contribution is -2.49. The van der Waals surface area contributed by atoms with Crippen molar-refractivity contribution in [1.82, 2.24) is 5.32 Å². The van der Waals surface area contributed by atoms with Gasteiger partial charge in [0.2, 0.25) is 15.9 Å². The smallest absolute Gasteiger partial charge is 0.244 e. The Labute approximate surface area is 178 Å². The molecule has 0 aliphatic rings. The van der Waals surface area contributed by atoms with Gasteiger partial charge in [-0.15, -0.1) is 0 Å². The average Bonchev–Trinajstić information content (AvgIpc) is 2.68. The maximum absolute atomic E-state index is 13.0. The summed E-state index contributed by atoms with van der Waals surface area (Å²) in [6, 6.07) is 18.8. The van der Waals surface area contributed by atoms with Crippen LogP contribution in [0.15, 0.2) is 60.7 Å². The lowest BCUT2D eigenvalue weighted by Gasteiger charge is -2.30. The molecule has 0 saturated heterocycles. The van der Waals surface area contributed by atoms with Crippen molar-refractivity contribution in [2.75, 3.05) is 10.6 Å². The van der Waals surface area contributed by atoms with Gasteiger partial charge in [-0.3, -0.25) is 9.10 Å². The molecule has 0 saturated carbocycles. The molecule has 3 aromatic carbocycles. The van der Waals surface area contributed by atoms with Gasteiger partial charge in [0, 0.05) is 6.54 Å². The monoisotopic (exact) mass is 424 g/mol. The minimum Gasteiger partial charge on any atom is -0.350 e. The number of amides is 1. The number of hydrogen-bond acceptors (Lipinski definition) is 3. The third-order valence-electron chi connectivity index (χ3n) is 5.07. The van der Waals surface area contributed by atoms with Crippen molar-refractivity contribution in [2.45, 2.75) is 39.8 Å². The first-order valence-electron chi connectivity index (χ1n) is 10.0. The van der Waals surface area contributed by atoms with E-state index in [-0.39, 0.29) is 5.91 Å². The summed E-state index contributed by atoms with van der Waals surface area (Å²) in [5.41, 5.74) is 3.38. The van der Waals surface area contributed by atoms with E-state index in [0.29, 0.717) is 18.7 Å². The van der Waals surface area contributed by atoms with E-state index in [1.165, 1.54) is 4.31 Å². The predicted octanol–water partition coefficient (Wildman–Crippen LogP) is 4.32. The van der Waals surface area contributed by atoms with Crippen LogP contribution >= 0.6 is 0 Å². The molecule has 0 aliphatic carbocycles. The van der Waals surface area contributed by atoms with Crippen molar-refractivity contribution >= 4 is 32.4 Å². The fourth-order valence-corrected chi connectivity index (χ4v) is 4.99. The van der Waals surface area contributed by atoms with E-state index in [4.69, 9.17) is 0 Å². The van der Waals surface area contributed by atoms with Crippen molar-refractivity contribution < 1.29 is 13.2 Å². The fourth-order valence-electron chi connectivity index (χ4n) is 3.79. The Hall–Kier alpha value is -2.86. The van der Waals surface area contributed by atoms with E-state index in [2.05, 4.69) is 5.32 Å². The van der Waals surface area contributed by atoms with Crippen molar-refractivity contribution in [3.63, 3.8) is 0 Å². The average molecular weight is 425 g/mol. The van der Waals surface area contributed by atoms with Crippen LogP contribution in [0, 0.1) is 13.8 Å². The number of hydrogen-bond donors (Lipinski definition) is 1. The van der Waals surface area contributed by atoms with E-state index >= 15 is 0 Å². The Morgan fingerprint density at radius 3 is 2.20 bits per heavy atom. The topological polar surface area (TPSA) is 66.5 Å². The van der Waals surface area contributed by atoms with E-state index in [1.807, 2.05) is 69.3 Å². The van der Waals surface area contributed by atoms with Crippen LogP contribution in [-0.2, 0) is 21.4 Å². The van der Waals surface area contributed by atoms with E-state index in [0.717, 1.165) is 33.7 Å². The fraction of sp³-hybridized carbons (Fsp3) is 0.292. The van der Waals surface area contributed by atoms with Crippen LogP contribution in [0.3, 0.4) is 0 Å². The van der Waals surface area contributed by atoms with Gasteiger partial charge in [0.15, 0.2) is 0 Å². The molecule has 0 bridgehead atoms. The van der Waals surface area contributed by atoms with Gasteiger partial charge in [0.05, 0.1) is 11.9 Å². The largest absolute Gasteiger partial charge is 0.350 e. The standard InChI is InChI=1S/C24H28N2O3S/c1-5-23(26(30(4,28)29)22-13-17(2)12-18(3)14-22)24(27)25-16-19-10-11-20-8-6-7-9-21(20)15-19/h6-15,23H,5,16H2,1-4H3,(H,25,27)/t23-/m1/s1. The summed E-state index contributed by atoms with van der Waals surface area (Å²) < 4.78 is 26.5. The zero-order valence-electron chi connectivity index (χ0n) is 17.8. The van der Waals surface area contributed by atoms with Gasteiger partial charge in [0.25, 0.3) is 0 Å². The Morgan fingerprint density at radius 2 is 1.60 bits per heavy atom. The molecule has 5 nitrogen and oxygen atoms in total. The van der Waals surface area contributed by atoms with E-state index < -0.39 is 16.1 Å². The SMILES string of the molecule is CC[C@H](C(=O)NCc1ccc2ccccc2c1)N(c1cc(C)cc(C)c1)S(C)(=O)=O. The van der Waals surface area contributed by atoms with Crippen LogP contribution in [0.25, 0.3) is 10.8 Å². The van der Waals surface area contributed by atoms with Gasteiger partial charge >= 0.3 is 0 Å². The molecule has 0 aromatic heterocycles. The zero-order chi connectivity index (χ0) is 21.9. The molecule has 0 unspecified atom stereocenters. The Bertz CT molecular complexity index is 1150. The predicted molar refractivity (Wildman–Crippen MR) is 123 cm³/mol.